The van der Waals surface area contributed by atoms with Gasteiger partial charge in [-0.1, -0.05) is 17.7 Å². The highest BCUT2D eigenvalue weighted by Crippen LogP contribution is 2.30. The molecule has 0 aromatic heterocycles. The van der Waals surface area contributed by atoms with Crippen LogP contribution in [0.2, 0.25) is 0 Å². The zero-order valence-electron chi connectivity index (χ0n) is 18.4. The lowest BCUT2D eigenvalue weighted by Crippen LogP contribution is -2.40. The quantitative estimate of drug-likeness (QED) is 0.607. The SMILES string of the molecule is CCOC(=O)[C@H]1CCCN(c2ccc(NS(=O)(=O)c3ccc(C)cc3C)cc2C(=O)O)C1. The summed E-state index contributed by atoms with van der Waals surface area (Å²) in [6, 6.07) is 9.45. The second-order valence-corrected chi connectivity index (χ2v) is 9.60. The fourth-order valence-electron chi connectivity index (χ4n) is 4.01. The van der Waals surface area contributed by atoms with E-state index in [1.807, 2.05) is 11.8 Å². The number of esters is 1. The van der Waals surface area contributed by atoms with Gasteiger partial charge in [-0.05, 0) is 63.4 Å². The smallest absolute Gasteiger partial charge is 0.337 e. The highest BCUT2D eigenvalue weighted by atomic mass is 32.2. The third kappa shape index (κ3) is 5.21. The number of rotatable bonds is 7. The monoisotopic (exact) mass is 460 g/mol. The van der Waals surface area contributed by atoms with Gasteiger partial charge in [-0.3, -0.25) is 9.52 Å². The Balaban J connectivity index is 1.88. The standard InChI is InChI=1S/C23H28N2O6S/c1-4-31-23(28)17-6-5-11-25(14-17)20-9-8-18(13-19(20)22(26)27)24-32(29,30)21-10-7-15(2)12-16(21)3/h7-10,12-13,17,24H,4-6,11,14H2,1-3H3,(H,26,27)/t17-/m0/s1. The summed E-state index contributed by atoms with van der Waals surface area (Å²) in [6.07, 6.45) is 1.41. The average molecular weight is 461 g/mol. The van der Waals surface area contributed by atoms with Gasteiger partial charge in [0.2, 0.25) is 0 Å². The molecule has 2 aromatic carbocycles. The van der Waals surface area contributed by atoms with E-state index in [9.17, 15) is 23.1 Å². The van der Waals surface area contributed by atoms with Crippen molar-refractivity contribution in [2.75, 3.05) is 29.3 Å². The van der Waals surface area contributed by atoms with E-state index in [-0.39, 0.29) is 28.0 Å². The molecule has 1 aliphatic rings. The van der Waals surface area contributed by atoms with E-state index >= 15 is 0 Å². The Morgan fingerprint density at radius 2 is 1.94 bits per heavy atom. The Hall–Kier alpha value is -3.07. The summed E-state index contributed by atoms with van der Waals surface area (Å²) in [7, 11) is -3.88. The van der Waals surface area contributed by atoms with Crippen LogP contribution < -0.4 is 9.62 Å². The number of piperidine rings is 1. The maximum absolute atomic E-state index is 12.9. The van der Waals surface area contributed by atoms with Crippen molar-refractivity contribution in [2.45, 2.75) is 38.5 Å². The molecule has 2 aromatic rings. The fourth-order valence-corrected chi connectivity index (χ4v) is 5.28. The Bertz CT molecular complexity index is 1130. The molecule has 9 heteroatoms. The van der Waals surface area contributed by atoms with E-state index in [0.29, 0.717) is 37.4 Å². The molecule has 1 heterocycles. The summed E-state index contributed by atoms with van der Waals surface area (Å²) >= 11 is 0. The lowest BCUT2D eigenvalue weighted by Gasteiger charge is -2.34. The number of carboxylic acid groups (broad SMARTS) is 1. The Morgan fingerprint density at radius 3 is 2.59 bits per heavy atom. The lowest BCUT2D eigenvalue weighted by atomic mass is 9.97. The van der Waals surface area contributed by atoms with E-state index in [2.05, 4.69) is 4.72 Å². The molecule has 1 saturated heterocycles. The van der Waals surface area contributed by atoms with Gasteiger partial charge in [-0.25, -0.2) is 13.2 Å². The molecule has 1 aliphatic heterocycles. The largest absolute Gasteiger partial charge is 0.478 e. The van der Waals surface area contributed by atoms with Crippen LogP contribution in [0.3, 0.4) is 0 Å². The molecule has 1 atom stereocenters. The van der Waals surface area contributed by atoms with Crippen LogP contribution in [-0.4, -0.2) is 45.2 Å². The molecule has 0 saturated carbocycles. The predicted molar refractivity (Wildman–Crippen MR) is 122 cm³/mol. The molecule has 172 valence electrons. The van der Waals surface area contributed by atoms with Gasteiger partial charge >= 0.3 is 11.9 Å². The number of anilines is 2. The minimum absolute atomic E-state index is 0.0321. The van der Waals surface area contributed by atoms with Crippen molar-refractivity contribution >= 4 is 33.3 Å². The summed E-state index contributed by atoms with van der Waals surface area (Å²) in [5.74, 6) is -1.79. The molecular formula is C23H28N2O6S. The average Bonchev–Trinajstić information content (AvgIpc) is 2.73. The third-order valence-electron chi connectivity index (χ3n) is 5.48. The highest BCUT2D eigenvalue weighted by molar-refractivity contribution is 7.92. The number of ether oxygens (including phenoxy) is 1. The van der Waals surface area contributed by atoms with Gasteiger partial charge in [0.25, 0.3) is 10.0 Å². The molecule has 0 spiro atoms. The second-order valence-electron chi connectivity index (χ2n) is 7.95. The normalized spacial score (nSPS) is 16.5. The lowest BCUT2D eigenvalue weighted by molar-refractivity contribution is -0.148. The molecule has 2 N–H and O–H groups in total. The first kappa shape index (κ1) is 23.6. The van der Waals surface area contributed by atoms with Crippen molar-refractivity contribution in [1.29, 1.82) is 0 Å². The molecule has 0 unspecified atom stereocenters. The number of nitrogens with zero attached hydrogens (tertiary/aromatic N) is 1. The number of benzene rings is 2. The van der Waals surface area contributed by atoms with E-state index in [1.165, 1.54) is 18.2 Å². The van der Waals surface area contributed by atoms with Crippen LogP contribution >= 0.6 is 0 Å². The summed E-state index contributed by atoms with van der Waals surface area (Å²) in [4.78, 5) is 26.1. The number of hydrogen-bond acceptors (Lipinski definition) is 6. The van der Waals surface area contributed by atoms with Crippen molar-refractivity contribution in [3.8, 4) is 0 Å². The van der Waals surface area contributed by atoms with Gasteiger partial charge in [-0.15, -0.1) is 0 Å². The van der Waals surface area contributed by atoms with E-state index in [1.54, 1.807) is 32.0 Å². The van der Waals surface area contributed by atoms with Gasteiger partial charge < -0.3 is 14.7 Å². The Kier molecular flexibility index (Phi) is 7.08. The minimum atomic E-state index is -3.88. The zero-order valence-corrected chi connectivity index (χ0v) is 19.2. The zero-order chi connectivity index (χ0) is 23.5. The van der Waals surface area contributed by atoms with Crippen molar-refractivity contribution in [2.24, 2.45) is 5.92 Å². The summed E-state index contributed by atoms with van der Waals surface area (Å²) in [5, 5.41) is 9.77. The number of aryl methyl sites for hydroxylation is 2. The molecule has 32 heavy (non-hydrogen) atoms. The van der Waals surface area contributed by atoms with Crippen molar-refractivity contribution in [3.63, 3.8) is 0 Å². The fraction of sp³-hybridized carbons (Fsp3) is 0.391. The molecule has 0 aliphatic carbocycles. The van der Waals surface area contributed by atoms with Gasteiger partial charge in [-0.2, -0.15) is 0 Å². The number of carbonyl (C=O) groups excluding carboxylic acids is 1. The number of carboxylic acids is 1. The van der Waals surface area contributed by atoms with Crippen LogP contribution in [0.1, 0.15) is 41.3 Å². The van der Waals surface area contributed by atoms with Crippen LogP contribution in [0.15, 0.2) is 41.3 Å². The van der Waals surface area contributed by atoms with Crippen LogP contribution in [-0.2, 0) is 19.6 Å². The van der Waals surface area contributed by atoms with Gasteiger partial charge in [0.1, 0.15) is 0 Å². The first-order valence-corrected chi connectivity index (χ1v) is 12.0. The van der Waals surface area contributed by atoms with Crippen LogP contribution in [0.4, 0.5) is 11.4 Å². The molecule has 0 radical (unpaired) electrons. The van der Waals surface area contributed by atoms with Gasteiger partial charge in [0.15, 0.2) is 0 Å². The molecular weight excluding hydrogens is 432 g/mol. The van der Waals surface area contributed by atoms with E-state index in [0.717, 1.165) is 12.0 Å². The maximum Gasteiger partial charge on any atom is 0.337 e. The number of hydrogen-bond donors (Lipinski definition) is 2. The van der Waals surface area contributed by atoms with Gasteiger partial charge in [0.05, 0.1) is 28.7 Å². The molecule has 8 nitrogen and oxygen atoms in total. The summed E-state index contributed by atoms with van der Waals surface area (Å²) < 4.78 is 33.3. The van der Waals surface area contributed by atoms with Crippen LogP contribution in [0, 0.1) is 19.8 Å². The van der Waals surface area contributed by atoms with Gasteiger partial charge in [0, 0.05) is 18.8 Å². The van der Waals surface area contributed by atoms with Crippen LogP contribution in [0.25, 0.3) is 0 Å². The number of carbonyl (C=O) groups is 2. The van der Waals surface area contributed by atoms with Crippen molar-refractivity contribution < 1.29 is 27.9 Å². The predicted octanol–water partition coefficient (Wildman–Crippen LogP) is 3.58. The van der Waals surface area contributed by atoms with Crippen molar-refractivity contribution in [3.05, 3.63) is 53.1 Å². The number of aromatic carboxylic acids is 1. The molecule has 0 bridgehead atoms. The maximum atomic E-state index is 12.9. The Morgan fingerprint density at radius 1 is 1.19 bits per heavy atom. The topological polar surface area (TPSA) is 113 Å². The highest BCUT2D eigenvalue weighted by Gasteiger charge is 2.29. The number of sulfonamides is 1. The van der Waals surface area contributed by atoms with Crippen molar-refractivity contribution in [1.82, 2.24) is 0 Å². The molecule has 1 fully saturated rings. The third-order valence-corrected chi connectivity index (χ3v) is 7.02. The van der Waals surface area contributed by atoms with E-state index < -0.39 is 16.0 Å². The van der Waals surface area contributed by atoms with E-state index in [4.69, 9.17) is 4.74 Å². The van der Waals surface area contributed by atoms with Crippen LogP contribution in [0.5, 0.6) is 0 Å². The second kappa shape index (κ2) is 9.60. The summed E-state index contributed by atoms with van der Waals surface area (Å²) in [5.41, 5.74) is 2.12. The Labute approximate surface area is 188 Å². The number of nitrogens with one attached hydrogen (secondary N) is 1. The summed E-state index contributed by atoms with van der Waals surface area (Å²) in [6.45, 7) is 6.59. The molecule has 3 rings (SSSR count). The first-order valence-electron chi connectivity index (χ1n) is 10.5. The minimum Gasteiger partial charge on any atom is -0.478 e. The molecule has 0 amide bonds. The first-order chi connectivity index (χ1) is 15.1.